The molecule has 3 amide bonds. The Labute approximate surface area is 149 Å². The maximum atomic E-state index is 12.5. The molecule has 0 aromatic heterocycles. The molecule has 25 heavy (non-hydrogen) atoms. The summed E-state index contributed by atoms with van der Waals surface area (Å²) in [6.07, 6.45) is 4.69. The van der Waals surface area contributed by atoms with E-state index in [9.17, 15) is 9.59 Å². The van der Waals surface area contributed by atoms with Gasteiger partial charge in [-0.2, -0.15) is 0 Å². The predicted molar refractivity (Wildman–Crippen MR) is 98.4 cm³/mol. The first-order valence-electron chi connectivity index (χ1n) is 9.26. The van der Waals surface area contributed by atoms with E-state index in [2.05, 4.69) is 16.0 Å². The van der Waals surface area contributed by atoms with Gasteiger partial charge in [-0.15, -0.1) is 0 Å². The maximum Gasteiger partial charge on any atom is 0.319 e. The van der Waals surface area contributed by atoms with Crippen molar-refractivity contribution in [3.63, 3.8) is 0 Å². The molecule has 1 saturated heterocycles. The number of carbonyl (C=O) groups excluding carboxylic acids is 2. The molecule has 1 aromatic carbocycles. The van der Waals surface area contributed by atoms with Crippen molar-refractivity contribution < 1.29 is 9.59 Å². The number of piperidine rings is 1. The maximum absolute atomic E-state index is 12.5. The first-order chi connectivity index (χ1) is 12.1. The topological polar surface area (TPSA) is 73.5 Å². The highest BCUT2D eigenvalue weighted by atomic mass is 16.2. The van der Waals surface area contributed by atoms with Crippen molar-refractivity contribution in [2.45, 2.75) is 44.7 Å². The van der Waals surface area contributed by atoms with E-state index in [4.69, 9.17) is 0 Å². The Morgan fingerprint density at radius 1 is 1.12 bits per heavy atom. The SMILES string of the molecule is CC(NC(=O)Nc1ccccc1)C(=O)N1CCC(NCC2CC2)CC1. The average molecular weight is 344 g/mol. The average Bonchev–Trinajstić information content (AvgIpc) is 3.45. The van der Waals surface area contributed by atoms with E-state index >= 15 is 0 Å². The van der Waals surface area contributed by atoms with Crippen molar-refractivity contribution in [1.29, 1.82) is 0 Å². The van der Waals surface area contributed by atoms with E-state index in [1.165, 1.54) is 12.8 Å². The van der Waals surface area contributed by atoms with Crippen LogP contribution in [0, 0.1) is 5.92 Å². The van der Waals surface area contributed by atoms with Crippen LogP contribution in [-0.2, 0) is 4.79 Å². The molecule has 0 radical (unpaired) electrons. The van der Waals surface area contributed by atoms with E-state index < -0.39 is 6.04 Å². The summed E-state index contributed by atoms with van der Waals surface area (Å²) in [7, 11) is 0. The molecule has 3 N–H and O–H groups in total. The molecule has 136 valence electrons. The third kappa shape index (κ3) is 5.46. The molecule has 2 aliphatic rings. The molecule has 0 spiro atoms. The Morgan fingerprint density at radius 2 is 1.80 bits per heavy atom. The molecule has 1 heterocycles. The summed E-state index contributed by atoms with van der Waals surface area (Å²) in [5, 5.41) is 9.08. The van der Waals surface area contributed by atoms with Crippen LogP contribution in [0.3, 0.4) is 0 Å². The summed E-state index contributed by atoms with van der Waals surface area (Å²) < 4.78 is 0. The van der Waals surface area contributed by atoms with E-state index in [1.807, 2.05) is 35.2 Å². The Balaban J connectivity index is 1.39. The van der Waals surface area contributed by atoms with Crippen LogP contribution in [0.5, 0.6) is 0 Å². The van der Waals surface area contributed by atoms with Crippen molar-refractivity contribution in [3.05, 3.63) is 30.3 Å². The fourth-order valence-electron chi connectivity index (χ4n) is 3.18. The highest BCUT2D eigenvalue weighted by molar-refractivity contribution is 5.93. The second kappa shape index (κ2) is 8.34. The molecule has 3 rings (SSSR count). The van der Waals surface area contributed by atoms with Crippen LogP contribution >= 0.6 is 0 Å². The minimum Gasteiger partial charge on any atom is -0.341 e. The first kappa shape index (κ1) is 17.7. The molecular formula is C19H28N4O2. The summed E-state index contributed by atoms with van der Waals surface area (Å²) in [6.45, 7) is 4.38. The highest BCUT2D eigenvalue weighted by Gasteiger charge is 2.28. The molecule has 0 bridgehead atoms. The second-order valence-electron chi connectivity index (χ2n) is 7.14. The minimum absolute atomic E-state index is 0.0103. The number of hydrogen-bond donors (Lipinski definition) is 3. The number of hydrogen-bond acceptors (Lipinski definition) is 3. The van der Waals surface area contributed by atoms with Gasteiger partial charge in [0, 0.05) is 24.8 Å². The largest absolute Gasteiger partial charge is 0.341 e. The second-order valence-corrected chi connectivity index (χ2v) is 7.14. The first-order valence-corrected chi connectivity index (χ1v) is 9.26. The number of nitrogens with one attached hydrogen (secondary N) is 3. The molecule has 1 aliphatic carbocycles. The lowest BCUT2D eigenvalue weighted by molar-refractivity contribution is -0.133. The van der Waals surface area contributed by atoms with E-state index in [-0.39, 0.29) is 11.9 Å². The molecule has 1 aliphatic heterocycles. The van der Waals surface area contributed by atoms with Gasteiger partial charge in [0.05, 0.1) is 0 Å². The number of nitrogens with zero attached hydrogens (tertiary/aromatic N) is 1. The molecule has 6 nitrogen and oxygen atoms in total. The van der Waals surface area contributed by atoms with Gasteiger partial charge in [-0.25, -0.2) is 4.79 Å². The summed E-state index contributed by atoms with van der Waals surface area (Å²) in [5.41, 5.74) is 0.710. The molecule has 6 heteroatoms. The van der Waals surface area contributed by atoms with E-state index in [1.54, 1.807) is 6.92 Å². The number of para-hydroxylation sites is 1. The summed E-state index contributed by atoms with van der Waals surface area (Å²) in [4.78, 5) is 26.4. The fraction of sp³-hybridized carbons (Fsp3) is 0.579. The standard InChI is InChI=1S/C19H28N4O2/c1-14(21-19(25)22-17-5-3-2-4-6-17)18(24)23-11-9-16(10-12-23)20-13-15-7-8-15/h2-6,14-16,20H,7-13H2,1H3,(H2,21,22,25). The normalized spacial score (nSPS) is 19.3. The van der Waals surface area contributed by atoms with Gasteiger partial charge in [-0.05, 0) is 57.2 Å². The van der Waals surface area contributed by atoms with Gasteiger partial charge in [0.1, 0.15) is 6.04 Å². The van der Waals surface area contributed by atoms with E-state index in [0.717, 1.165) is 38.4 Å². The van der Waals surface area contributed by atoms with Crippen molar-refractivity contribution in [3.8, 4) is 0 Å². The van der Waals surface area contributed by atoms with Crippen LogP contribution in [0.1, 0.15) is 32.6 Å². The van der Waals surface area contributed by atoms with Crippen molar-refractivity contribution >= 4 is 17.6 Å². The number of benzene rings is 1. The number of likely N-dealkylation sites (tertiary alicyclic amines) is 1. The number of rotatable bonds is 6. The van der Waals surface area contributed by atoms with Crippen LogP contribution in [0.2, 0.25) is 0 Å². The number of anilines is 1. The highest BCUT2D eigenvalue weighted by Crippen LogP contribution is 2.28. The van der Waals surface area contributed by atoms with Crippen molar-refractivity contribution in [2.24, 2.45) is 5.92 Å². The van der Waals surface area contributed by atoms with Crippen LogP contribution in [0.25, 0.3) is 0 Å². The molecule has 1 aromatic rings. The van der Waals surface area contributed by atoms with Gasteiger partial charge in [-0.3, -0.25) is 4.79 Å². The smallest absolute Gasteiger partial charge is 0.319 e. The van der Waals surface area contributed by atoms with Gasteiger partial charge in [0.25, 0.3) is 0 Å². The number of urea groups is 1. The van der Waals surface area contributed by atoms with E-state index in [0.29, 0.717) is 11.7 Å². The molecule has 1 saturated carbocycles. The Kier molecular flexibility index (Phi) is 5.91. The van der Waals surface area contributed by atoms with Gasteiger partial charge < -0.3 is 20.9 Å². The van der Waals surface area contributed by atoms with Crippen molar-refractivity contribution in [2.75, 3.05) is 25.0 Å². The lowest BCUT2D eigenvalue weighted by Gasteiger charge is -2.34. The van der Waals surface area contributed by atoms with Crippen LogP contribution < -0.4 is 16.0 Å². The molecule has 2 fully saturated rings. The third-order valence-electron chi connectivity index (χ3n) is 4.95. The van der Waals surface area contributed by atoms with Crippen LogP contribution in [-0.4, -0.2) is 48.6 Å². The van der Waals surface area contributed by atoms with Gasteiger partial charge in [0.15, 0.2) is 0 Å². The Morgan fingerprint density at radius 3 is 2.44 bits per heavy atom. The third-order valence-corrected chi connectivity index (χ3v) is 4.95. The monoisotopic (exact) mass is 344 g/mol. The Hall–Kier alpha value is -2.08. The van der Waals surface area contributed by atoms with Gasteiger partial charge in [-0.1, -0.05) is 18.2 Å². The minimum atomic E-state index is -0.528. The van der Waals surface area contributed by atoms with Crippen LogP contribution in [0.15, 0.2) is 30.3 Å². The predicted octanol–water partition coefficient (Wildman–Crippen LogP) is 2.19. The number of carbonyl (C=O) groups is 2. The quantitative estimate of drug-likeness (QED) is 0.741. The fourth-order valence-corrected chi connectivity index (χ4v) is 3.18. The molecular weight excluding hydrogens is 316 g/mol. The number of amides is 3. The Bertz CT molecular complexity index is 580. The van der Waals surface area contributed by atoms with Gasteiger partial charge in [0.2, 0.25) is 5.91 Å². The zero-order chi connectivity index (χ0) is 17.6. The lowest BCUT2D eigenvalue weighted by Crippen LogP contribution is -2.52. The van der Waals surface area contributed by atoms with Gasteiger partial charge >= 0.3 is 6.03 Å². The van der Waals surface area contributed by atoms with Crippen molar-refractivity contribution in [1.82, 2.24) is 15.5 Å². The molecule has 1 atom stereocenters. The summed E-state index contributed by atoms with van der Waals surface area (Å²) in [5.74, 6) is 0.871. The summed E-state index contributed by atoms with van der Waals surface area (Å²) >= 11 is 0. The zero-order valence-corrected chi connectivity index (χ0v) is 14.8. The molecule has 1 unspecified atom stereocenters. The van der Waals surface area contributed by atoms with Crippen LogP contribution in [0.4, 0.5) is 10.5 Å². The lowest BCUT2D eigenvalue weighted by atomic mass is 10.0. The zero-order valence-electron chi connectivity index (χ0n) is 14.8. The summed E-state index contributed by atoms with van der Waals surface area (Å²) in [6, 6.07) is 8.86.